The van der Waals surface area contributed by atoms with Crippen molar-refractivity contribution in [3.05, 3.63) is 0 Å². The van der Waals surface area contributed by atoms with E-state index in [1.165, 1.54) is 6.42 Å². The number of carbonyl (C=O) groups is 2. The van der Waals surface area contributed by atoms with E-state index >= 15 is 0 Å². The van der Waals surface area contributed by atoms with Crippen molar-refractivity contribution in [2.45, 2.75) is 51.5 Å². The van der Waals surface area contributed by atoms with Gasteiger partial charge in [0.25, 0.3) is 0 Å². The summed E-state index contributed by atoms with van der Waals surface area (Å²) in [6, 6.07) is -0.0214. The van der Waals surface area contributed by atoms with E-state index in [4.69, 9.17) is 5.11 Å². The molecule has 0 aromatic rings. The maximum absolute atomic E-state index is 12.5. The van der Waals surface area contributed by atoms with E-state index in [9.17, 15) is 9.59 Å². The number of nitrogens with zero attached hydrogens (tertiary/aromatic N) is 1. The maximum Gasteiger partial charge on any atom is 0.303 e. The number of rotatable bonds is 5. The van der Waals surface area contributed by atoms with Crippen LogP contribution in [-0.4, -0.2) is 47.6 Å². The summed E-state index contributed by atoms with van der Waals surface area (Å²) in [7, 11) is 0. The Morgan fingerprint density at radius 3 is 2.80 bits per heavy atom. The number of carbonyl (C=O) groups excluding carboxylic acids is 1. The van der Waals surface area contributed by atoms with Crippen molar-refractivity contribution in [2.75, 3.05) is 19.6 Å². The summed E-state index contributed by atoms with van der Waals surface area (Å²) < 4.78 is 0. The average Bonchev–Trinajstić information content (AvgIpc) is 2.93. The molecule has 2 N–H and O–H groups in total. The van der Waals surface area contributed by atoms with Gasteiger partial charge < -0.3 is 15.3 Å². The lowest BCUT2D eigenvalue weighted by Crippen LogP contribution is -2.49. The smallest absolute Gasteiger partial charge is 0.303 e. The Kier molecular flexibility index (Phi) is 5.40. The molecule has 5 nitrogen and oxygen atoms in total. The van der Waals surface area contributed by atoms with Crippen LogP contribution in [0.2, 0.25) is 0 Å². The molecule has 2 heterocycles. The molecule has 0 spiro atoms. The molecule has 0 aliphatic carbocycles. The summed E-state index contributed by atoms with van der Waals surface area (Å²) in [5.74, 6) is 0.506. The molecule has 0 radical (unpaired) electrons. The van der Waals surface area contributed by atoms with E-state index in [0.717, 1.165) is 38.9 Å². The summed E-state index contributed by atoms with van der Waals surface area (Å²) in [5.41, 5.74) is 0. The van der Waals surface area contributed by atoms with Gasteiger partial charge in [-0.15, -0.1) is 0 Å². The summed E-state index contributed by atoms with van der Waals surface area (Å²) in [6.07, 6.45) is 5.11. The fourth-order valence-corrected chi connectivity index (χ4v) is 3.37. The van der Waals surface area contributed by atoms with Gasteiger partial charge >= 0.3 is 5.97 Å². The molecule has 3 unspecified atom stereocenters. The van der Waals surface area contributed by atoms with E-state index < -0.39 is 5.97 Å². The topological polar surface area (TPSA) is 69.6 Å². The molecule has 1 amide bonds. The first kappa shape index (κ1) is 15.3. The Balaban J connectivity index is 1.80. The van der Waals surface area contributed by atoms with E-state index in [1.807, 2.05) is 4.90 Å². The van der Waals surface area contributed by atoms with E-state index in [-0.39, 0.29) is 18.4 Å². The van der Waals surface area contributed by atoms with E-state index in [1.54, 1.807) is 0 Å². The number of amides is 1. The van der Waals surface area contributed by atoms with Crippen LogP contribution in [0.1, 0.15) is 45.4 Å². The molecule has 114 valence electrons. The molecule has 2 aliphatic heterocycles. The van der Waals surface area contributed by atoms with Crippen molar-refractivity contribution in [3.8, 4) is 0 Å². The molecule has 0 aromatic carbocycles. The Labute approximate surface area is 120 Å². The highest BCUT2D eigenvalue weighted by Gasteiger charge is 2.33. The third-order valence-corrected chi connectivity index (χ3v) is 4.75. The van der Waals surface area contributed by atoms with Crippen LogP contribution in [0.4, 0.5) is 0 Å². The summed E-state index contributed by atoms with van der Waals surface area (Å²) in [4.78, 5) is 25.0. The van der Waals surface area contributed by atoms with Crippen molar-refractivity contribution in [1.29, 1.82) is 0 Å². The lowest BCUT2D eigenvalue weighted by atomic mass is 9.90. The average molecular weight is 282 g/mol. The second kappa shape index (κ2) is 7.07. The minimum Gasteiger partial charge on any atom is -0.481 e. The molecule has 5 heteroatoms. The molecule has 0 bridgehead atoms. The molecular weight excluding hydrogens is 256 g/mol. The third-order valence-electron chi connectivity index (χ3n) is 4.75. The summed E-state index contributed by atoms with van der Waals surface area (Å²) in [5, 5.41) is 12.1. The van der Waals surface area contributed by atoms with Crippen molar-refractivity contribution in [2.24, 2.45) is 11.8 Å². The van der Waals surface area contributed by atoms with Gasteiger partial charge in [-0.3, -0.25) is 9.59 Å². The molecule has 0 aromatic heterocycles. The highest BCUT2D eigenvalue weighted by atomic mass is 16.4. The number of nitrogens with one attached hydrogen (secondary N) is 1. The minimum atomic E-state index is -0.741. The Morgan fingerprint density at radius 1 is 1.30 bits per heavy atom. The summed E-state index contributed by atoms with van der Waals surface area (Å²) in [6.45, 7) is 4.65. The summed E-state index contributed by atoms with van der Waals surface area (Å²) >= 11 is 0. The van der Waals surface area contributed by atoms with Crippen LogP contribution in [-0.2, 0) is 9.59 Å². The number of hydrogen-bond donors (Lipinski definition) is 2. The van der Waals surface area contributed by atoms with Crippen LogP contribution >= 0.6 is 0 Å². The molecule has 20 heavy (non-hydrogen) atoms. The first-order chi connectivity index (χ1) is 9.60. The highest BCUT2D eigenvalue weighted by molar-refractivity contribution is 5.82. The normalized spacial score (nSPS) is 30.4. The fraction of sp³-hybridized carbons (Fsp3) is 0.867. The number of hydrogen-bond acceptors (Lipinski definition) is 3. The first-order valence-electron chi connectivity index (χ1n) is 7.84. The van der Waals surface area contributed by atoms with E-state index in [2.05, 4.69) is 12.2 Å². The lowest BCUT2D eigenvalue weighted by Gasteiger charge is -2.31. The zero-order valence-electron chi connectivity index (χ0n) is 12.3. The standard InChI is InChI=1S/C15H26N2O3/c1-2-11-5-7-16-13(9-11)15(20)17-8-6-12(10-17)3-4-14(18)19/h11-13,16H,2-10H2,1H3,(H,18,19). The number of carboxylic acid groups (broad SMARTS) is 1. The van der Waals surface area contributed by atoms with Crippen molar-refractivity contribution in [3.63, 3.8) is 0 Å². The van der Waals surface area contributed by atoms with Crippen LogP contribution < -0.4 is 5.32 Å². The number of carboxylic acids is 1. The van der Waals surface area contributed by atoms with Crippen molar-refractivity contribution >= 4 is 11.9 Å². The van der Waals surface area contributed by atoms with Crippen molar-refractivity contribution in [1.82, 2.24) is 10.2 Å². The van der Waals surface area contributed by atoms with Crippen LogP contribution in [0.25, 0.3) is 0 Å². The molecule has 3 atom stereocenters. The van der Waals surface area contributed by atoms with Gasteiger partial charge in [-0.2, -0.15) is 0 Å². The van der Waals surface area contributed by atoms with Crippen LogP contribution in [0, 0.1) is 11.8 Å². The largest absolute Gasteiger partial charge is 0.481 e. The second-order valence-corrected chi connectivity index (χ2v) is 6.18. The SMILES string of the molecule is CCC1CCNC(C(=O)N2CCC(CCC(=O)O)C2)C1. The predicted molar refractivity (Wildman–Crippen MR) is 76.4 cm³/mol. The van der Waals surface area contributed by atoms with Crippen LogP contribution in [0.3, 0.4) is 0 Å². The molecule has 2 rings (SSSR count). The van der Waals surface area contributed by atoms with Gasteiger partial charge in [-0.05, 0) is 44.1 Å². The van der Waals surface area contributed by atoms with Gasteiger partial charge in [0, 0.05) is 19.5 Å². The number of piperidine rings is 1. The quantitative estimate of drug-likeness (QED) is 0.801. The maximum atomic E-state index is 12.5. The molecule has 2 aliphatic rings. The molecule has 0 saturated carbocycles. The Bertz CT molecular complexity index is 359. The van der Waals surface area contributed by atoms with Crippen molar-refractivity contribution < 1.29 is 14.7 Å². The van der Waals surface area contributed by atoms with Gasteiger partial charge in [0.2, 0.25) is 5.91 Å². The van der Waals surface area contributed by atoms with E-state index in [0.29, 0.717) is 18.3 Å². The Morgan fingerprint density at radius 2 is 2.10 bits per heavy atom. The molecule has 2 saturated heterocycles. The van der Waals surface area contributed by atoms with Gasteiger partial charge in [0.1, 0.15) is 0 Å². The van der Waals surface area contributed by atoms with Gasteiger partial charge in [-0.1, -0.05) is 13.3 Å². The van der Waals surface area contributed by atoms with Gasteiger partial charge in [-0.25, -0.2) is 0 Å². The second-order valence-electron chi connectivity index (χ2n) is 6.18. The fourth-order valence-electron chi connectivity index (χ4n) is 3.37. The molecule has 2 fully saturated rings. The van der Waals surface area contributed by atoms with Crippen LogP contribution in [0.5, 0.6) is 0 Å². The minimum absolute atomic E-state index is 0.0214. The van der Waals surface area contributed by atoms with Gasteiger partial charge in [0.05, 0.1) is 6.04 Å². The highest BCUT2D eigenvalue weighted by Crippen LogP contribution is 2.25. The lowest BCUT2D eigenvalue weighted by molar-refractivity contribution is -0.137. The third kappa shape index (κ3) is 3.95. The molecular formula is C15H26N2O3. The zero-order chi connectivity index (χ0) is 14.5. The number of likely N-dealkylation sites (tertiary alicyclic amines) is 1. The monoisotopic (exact) mass is 282 g/mol. The predicted octanol–water partition coefficient (Wildman–Crippen LogP) is 1.48. The Hall–Kier alpha value is -1.10. The first-order valence-corrected chi connectivity index (χ1v) is 7.84. The van der Waals surface area contributed by atoms with Crippen LogP contribution in [0.15, 0.2) is 0 Å². The van der Waals surface area contributed by atoms with Gasteiger partial charge in [0.15, 0.2) is 0 Å². The number of aliphatic carboxylic acids is 1. The zero-order valence-corrected chi connectivity index (χ0v) is 12.3.